The SMILES string of the molecule is CCn1cncc1CNCC1CCCC(C)C1. The highest BCUT2D eigenvalue weighted by Gasteiger charge is 2.18. The molecule has 1 aliphatic rings. The minimum Gasteiger partial charge on any atom is -0.334 e. The van der Waals surface area contributed by atoms with Crippen molar-refractivity contribution in [2.45, 2.75) is 52.6 Å². The van der Waals surface area contributed by atoms with Crippen LogP contribution in [0, 0.1) is 11.8 Å². The Hall–Kier alpha value is -0.830. The standard InChI is InChI=1S/C14H25N3/c1-3-17-11-16-10-14(17)9-15-8-13-6-4-5-12(2)7-13/h10-13,15H,3-9H2,1-2H3. The molecule has 0 bridgehead atoms. The van der Waals surface area contributed by atoms with Gasteiger partial charge in [0.05, 0.1) is 12.0 Å². The van der Waals surface area contributed by atoms with Crippen LogP contribution in [-0.4, -0.2) is 16.1 Å². The fraction of sp³-hybridized carbons (Fsp3) is 0.786. The van der Waals surface area contributed by atoms with Crippen LogP contribution in [0.25, 0.3) is 0 Å². The molecule has 1 aromatic rings. The second-order valence-corrected chi connectivity index (χ2v) is 5.44. The highest BCUT2D eigenvalue weighted by atomic mass is 15.1. The number of nitrogens with zero attached hydrogens (tertiary/aromatic N) is 2. The zero-order valence-electron chi connectivity index (χ0n) is 11.2. The highest BCUT2D eigenvalue weighted by Crippen LogP contribution is 2.27. The average molecular weight is 235 g/mol. The Morgan fingerprint density at radius 1 is 1.47 bits per heavy atom. The van der Waals surface area contributed by atoms with E-state index in [0.29, 0.717) is 0 Å². The zero-order valence-corrected chi connectivity index (χ0v) is 11.2. The number of aromatic nitrogens is 2. The van der Waals surface area contributed by atoms with Gasteiger partial charge in [-0.3, -0.25) is 0 Å². The van der Waals surface area contributed by atoms with Crippen molar-refractivity contribution in [3.63, 3.8) is 0 Å². The van der Waals surface area contributed by atoms with Crippen LogP contribution in [0.5, 0.6) is 0 Å². The first-order chi connectivity index (χ1) is 8.29. The summed E-state index contributed by atoms with van der Waals surface area (Å²) in [5.41, 5.74) is 1.30. The summed E-state index contributed by atoms with van der Waals surface area (Å²) in [6, 6.07) is 0. The van der Waals surface area contributed by atoms with Gasteiger partial charge in [0, 0.05) is 19.3 Å². The third-order valence-corrected chi connectivity index (χ3v) is 3.92. The smallest absolute Gasteiger partial charge is 0.0948 e. The van der Waals surface area contributed by atoms with Gasteiger partial charge in [-0.2, -0.15) is 0 Å². The summed E-state index contributed by atoms with van der Waals surface area (Å²) in [4.78, 5) is 4.19. The second kappa shape index (κ2) is 6.20. The first-order valence-electron chi connectivity index (χ1n) is 6.99. The summed E-state index contributed by atoms with van der Waals surface area (Å²) in [6.45, 7) is 7.68. The Bertz CT molecular complexity index is 332. The molecule has 0 radical (unpaired) electrons. The van der Waals surface area contributed by atoms with Gasteiger partial charge in [-0.05, 0) is 38.1 Å². The summed E-state index contributed by atoms with van der Waals surface area (Å²) in [5, 5.41) is 3.59. The molecule has 2 atom stereocenters. The van der Waals surface area contributed by atoms with Crippen LogP contribution >= 0.6 is 0 Å². The van der Waals surface area contributed by atoms with Gasteiger partial charge < -0.3 is 9.88 Å². The molecule has 17 heavy (non-hydrogen) atoms. The molecule has 0 spiro atoms. The summed E-state index contributed by atoms with van der Waals surface area (Å²) >= 11 is 0. The summed E-state index contributed by atoms with van der Waals surface area (Å²) in [6.07, 6.45) is 9.55. The molecule has 2 rings (SSSR count). The third kappa shape index (κ3) is 3.56. The van der Waals surface area contributed by atoms with Crippen LogP contribution in [0.2, 0.25) is 0 Å². The molecule has 3 nitrogen and oxygen atoms in total. The highest BCUT2D eigenvalue weighted by molar-refractivity contribution is 4.97. The molecule has 1 saturated carbocycles. The van der Waals surface area contributed by atoms with Crippen LogP contribution in [0.1, 0.15) is 45.2 Å². The van der Waals surface area contributed by atoms with Crippen LogP contribution in [0.4, 0.5) is 0 Å². The molecule has 2 unspecified atom stereocenters. The molecule has 0 aromatic carbocycles. The predicted molar refractivity (Wildman–Crippen MR) is 70.7 cm³/mol. The topological polar surface area (TPSA) is 29.9 Å². The van der Waals surface area contributed by atoms with Gasteiger partial charge >= 0.3 is 0 Å². The monoisotopic (exact) mass is 235 g/mol. The largest absolute Gasteiger partial charge is 0.334 e. The number of hydrogen-bond donors (Lipinski definition) is 1. The van der Waals surface area contributed by atoms with E-state index in [1.165, 1.54) is 37.9 Å². The molecule has 0 saturated heterocycles. The maximum absolute atomic E-state index is 4.19. The van der Waals surface area contributed by atoms with Crippen molar-refractivity contribution in [2.24, 2.45) is 11.8 Å². The van der Waals surface area contributed by atoms with E-state index in [1.54, 1.807) is 0 Å². The van der Waals surface area contributed by atoms with Crippen molar-refractivity contribution in [3.05, 3.63) is 18.2 Å². The normalized spacial score (nSPS) is 25.1. The van der Waals surface area contributed by atoms with E-state index >= 15 is 0 Å². The van der Waals surface area contributed by atoms with Crippen molar-refractivity contribution in [1.29, 1.82) is 0 Å². The maximum Gasteiger partial charge on any atom is 0.0948 e. The van der Waals surface area contributed by atoms with E-state index in [1.807, 2.05) is 12.5 Å². The van der Waals surface area contributed by atoms with Gasteiger partial charge in [0.25, 0.3) is 0 Å². The van der Waals surface area contributed by atoms with Crippen LogP contribution < -0.4 is 5.32 Å². The van der Waals surface area contributed by atoms with E-state index < -0.39 is 0 Å². The maximum atomic E-state index is 4.19. The third-order valence-electron chi connectivity index (χ3n) is 3.92. The Labute approximate surface area is 105 Å². The minimum atomic E-state index is 0.886. The lowest BCUT2D eigenvalue weighted by atomic mass is 9.82. The second-order valence-electron chi connectivity index (χ2n) is 5.44. The Kier molecular flexibility index (Phi) is 4.60. The van der Waals surface area contributed by atoms with Gasteiger partial charge in [-0.1, -0.05) is 19.8 Å². The fourth-order valence-electron chi connectivity index (χ4n) is 2.93. The molecule has 96 valence electrons. The number of aryl methyl sites for hydroxylation is 1. The molecule has 1 heterocycles. The molecular weight excluding hydrogens is 210 g/mol. The van der Waals surface area contributed by atoms with Crippen LogP contribution in [-0.2, 0) is 13.1 Å². The fourth-order valence-corrected chi connectivity index (χ4v) is 2.93. The van der Waals surface area contributed by atoms with Gasteiger partial charge in [-0.25, -0.2) is 4.98 Å². The molecular formula is C14H25N3. The average Bonchev–Trinajstić information content (AvgIpc) is 2.77. The van der Waals surface area contributed by atoms with E-state index in [4.69, 9.17) is 0 Å². The zero-order chi connectivity index (χ0) is 12.1. The van der Waals surface area contributed by atoms with Gasteiger partial charge in [-0.15, -0.1) is 0 Å². The summed E-state index contributed by atoms with van der Waals surface area (Å²) in [7, 11) is 0. The Morgan fingerprint density at radius 3 is 3.12 bits per heavy atom. The predicted octanol–water partition coefficient (Wildman–Crippen LogP) is 2.82. The molecule has 0 aliphatic heterocycles. The first-order valence-corrected chi connectivity index (χ1v) is 6.99. The first kappa shape index (κ1) is 12.6. The lowest BCUT2D eigenvalue weighted by Crippen LogP contribution is -2.27. The van der Waals surface area contributed by atoms with Crippen molar-refractivity contribution in [3.8, 4) is 0 Å². The molecule has 1 aromatic heterocycles. The van der Waals surface area contributed by atoms with E-state index in [2.05, 4.69) is 28.7 Å². The van der Waals surface area contributed by atoms with Crippen LogP contribution in [0.15, 0.2) is 12.5 Å². The van der Waals surface area contributed by atoms with Crippen molar-refractivity contribution >= 4 is 0 Å². The van der Waals surface area contributed by atoms with E-state index in [0.717, 1.165) is 24.9 Å². The van der Waals surface area contributed by atoms with Crippen LogP contribution in [0.3, 0.4) is 0 Å². The van der Waals surface area contributed by atoms with Crippen molar-refractivity contribution in [1.82, 2.24) is 14.9 Å². The quantitative estimate of drug-likeness (QED) is 0.850. The molecule has 0 amide bonds. The van der Waals surface area contributed by atoms with Crippen molar-refractivity contribution in [2.75, 3.05) is 6.54 Å². The van der Waals surface area contributed by atoms with Crippen molar-refractivity contribution < 1.29 is 0 Å². The van der Waals surface area contributed by atoms with Gasteiger partial charge in [0.2, 0.25) is 0 Å². The number of hydrogen-bond acceptors (Lipinski definition) is 2. The van der Waals surface area contributed by atoms with E-state index in [9.17, 15) is 0 Å². The lowest BCUT2D eigenvalue weighted by molar-refractivity contribution is 0.273. The molecule has 1 aliphatic carbocycles. The molecule has 1 N–H and O–H groups in total. The minimum absolute atomic E-state index is 0.886. The molecule has 3 heteroatoms. The summed E-state index contributed by atoms with van der Waals surface area (Å²) in [5.74, 6) is 1.81. The number of imidazole rings is 1. The van der Waals surface area contributed by atoms with Gasteiger partial charge in [0.15, 0.2) is 0 Å². The van der Waals surface area contributed by atoms with E-state index in [-0.39, 0.29) is 0 Å². The lowest BCUT2D eigenvalue weighted by Gasteiger charge is -2.26. The number of rotatable bonds is 5. The van der Waals surface area contributed by atoms with Gasteiger partial charge in [0.1, 0.15) is 0 Å². The summed E-state index contributed by atoms with van der Waals surface area (Å²) < 4.78 is 2.20. The Balaban J connectivity index is 1.72. The number of nitrogens with one attached hydrogen (secondary N) is 1. The Morgan fingerprint density at radius 2 is 2.35 bits per heavy atom. The molecule has 1 fully saturated rings.